The van der Waals surface area contributed by atoms with Crippen LogP contribution in [0.4, 0.5) is 0 Å². The maximum absolute atomic E-state index is 6.01. The van der Waals surface area contributed by atoms with Gasteiger partial charge in [-0.3, -0.25) is 0 Å². The molecule has 0 spiro atoms. The molecular formula is C15H24ClNO. The van der Waals surface area contributed by atoms with Gasteiger partial charge in [0, 0.05) is 6.54 Å². The molecule has 1 fully saturated rings. The average Bonchev–Trinajstić information content (AvgIpc) is 2.72. The van der Waals surface area contributed by atoms with Crippen LogP contribution in [0.2, 0.25) is 0 Å². The molecule has 0 amide bonds. The standard InChI is InChI=1S/C15H23NO.ClH/c1-11-9-12(15(2,3)4)5-6-14(11)17-13-7-8-16-10-13;/h5-6,9,13,16H,7-8,10H2,1-4H3;1H. The molecule has 1 saturated heterocycles. The Morgan fingerprint density at radius 3 is 2.50 bits per heavy atom. The molecule has 1 unspecified atom stereocenters. The largest absolute Gasteiger partial charge is 0.489 e. The number of rotatable bonds is 2. The maximum atomic E-state index is 6.01. The summed E-state index contributed by atoms with van der Waals surface area (Å²) in [6.07, 6.45) is 1.45. The van der Waals surface area contributed by atoms with E-state index in [0.717, 1.165) is 25.3 Å². The minimum Gasteiger partial charge on any atom is -0.489 e. The number of nitrogens with one attached hydrogen (secondary N) is 1. The zero-order valence-corrected chi connectivity index (χ0v) is 12.6. The quantitative estimate of drug-likeness (QED) is 0.888. The molecule has 0 bridgehead atoms. The Balaban J connectivity index is 0.00000162. The van der Waals surface area contributed by atoms with Crippen molar-refractivity contribution >= 4 is 12.4 Å². The van der Waals surface area contributed by atoms with Gasteiger partial charge in [-0.15, -0.1) is 12.4 Å². The van der Waals surface area contributed by atoms with Gasteiger partial charge < -0.3 is 10.1 Å². The molecule has 18 heavy (non-hydrogen) atoms. The summed E-state index contributed by atoms with van der Waals surface area (Å²) in [6, 6.07) is 6.55. The van der Waals surface area contributed by atoms with Crippen molar-refractivity contribution in [3.05, 3.63) is 29.3 Å². The van der Waals surface area contributed by atoms with E-state index in [2.05, 4.69) is 51.2 Å². The van der Waals surface area contributed by atoms with Gasteiger partial charge in [0.15, 0.2) is 0 Å². The predicted molar refractivity (Wildman–Crippen MR) is 79.0 cm³/mol. The van der Waals surface area contributed by atoms with E-state index in [1.54, 1.807) is 0 Å². The first-order chi connectivity index (χ1) is 7.97. The van der Waals surface area contributed by atoms with Gasteiger partial charge in [-0.2, -0.15) is 0 Å². The summed E-state index contributed by atoms with van der Waals surface area (Å²) in [5, 5.41) is 3.32. The van der Waals surface area contributed by atoms with Crippen LogP contribution < -0.4 is 10.1 Å². The molecule has 1 aliphatic heterocycles. The molecule has 0 aromatic heterocycles. The van der Waals surface area contributed by atoms with Crippen LogP contribution in [0.1, 0.15) is 38.3 Å². The Hall–Kier alpha value is -0.730. The van der Waals surface area contributed by atoms with E-state index in [1.807, 2.05) is 0 Å². The summed E-state index contributed by atoms with van der Waals surface area (Å²) in [4.78, 5) is 0. The highest BCUT2D eigenvalue weighted by Crippen LogP contribution is 2.28. The first-order valence-electron chi connectivity index (χ1n) is 6.45. The molecule has 0 saturated carbocycles. The second kappa shape index (κ2) is 5.94. The fourth-order valence-electron chi connectivity index (χ4n) is 2.16. The molecule has 1 atom stereocenters. The van der Waals surface area contributed by atoms with E-state index >= 15 is 0 Å². The molecule has 3 heteroatoms. The van der Waals surface area contributed by atoms with E-state index in [9.17, 15) is 0 Å². The SMILES string of the molecule is Cc1cc(C(C)(C)C)ccc1OC1CCNC1.Cl. The zero-order chi connectivity index (χ0) is 12.5. The highest BCUT2D eigenvalue weighted by molar-refractivity contribution is 5.85. The predicted octanol–water partition coefficient (Wildman–Crippen LogP) is 3.46. The minimum atomic E-state index is 0. The lowest BCUT2D eigenvalue weighted by molar-refractivity contribution is 0.221. The Labute approximate surface area is 117 Å². The summed E-state index contributed by atoms with van der Waals surface area (Å²) >= 11 is 0. The second-order valence-electron chi connectivity index (χ2n) is 5.96. The van der Waals surface area contributed by atoms with Gasteiger partial charge >= 0.3 is 0 Å². The van der Waals surface area contributed by atoms with E-state index in [1.165, 1.54) is 11.1 Å². The fraction of sp³-hybridized carbons (Fsp3) is 0.600. The first kappa shape index (κ1) is 15.3. The Morgan fingerprint density at radius 2 is 2.00 bits per heavy atom. The van der Waals surface area contributed by atoms with Crippen molar-refractivity contribution in [2.45, 2.75) is 45.6 Å². The van der Waals surface area contributed by atoms with Crippen LogP contribution in [0.25, 0.3) is 0 Å². The lowest BCUT2D eigenvalue weighted by Gasteiger charge is -2.21. The molecule has 1 aromatic rings. The summed E-state index contributed by atoms with van der Waals surface area (Å²) in [6.45, 7) is 10.9. The van der Waals surface area contributed by atoms with E-state index in [4.69, 9.17) is 4.74 Å². The van der Waals surface area contributed by atoms with Crippen LogP contribution in [0.5, 0.6) is 5.75 Å². The molecule has 1 heterocycles. The molecule has 1 aromatic carbocycles. The highest BCUT2D eigenvalue weighted by atomic mass is 35.5. The van der Waals surface area contributed by atoms with E-state index in [-0.39, 0.29) is 17.8 Å². The molecule has 102 valence electrons. The van der Waals surface area contributed by atoms with Crippen LogP contribution in [0.3, 0.4) is 0 Å². The van der Waals surface area contributed by atoms with E-state index < -0.39 is 0 Å². The van der Waals surface area contributed by atoms with Gasteiger partial charge in [-0.25, -0.2) is 0 Å². The summed E-state index contributed by atoms with van der Waals surface area (Å²) < 4.78 is 6.01. The fourth-order valence-corrected chi connectivity index (χ4v) is 2.16. The van der Waals surface area contributed by atoms with Gasteiger partial charge in [0.25, 0.3) is 0 Å². The van der Waals surface area contributed by atoms with Crippen molar-refractivity contribution in [3.8, 4) is 5.75 Å². The van der Waals surface area contributed by atoms with Gasteiger partial charge in [0.05, 0.1) is 0 Å². The average molecular weight is 270 g/mol. The first-order valence-corrected chi connectivity index (χ1v) is 6.45. The third-order valence-corrected chi connectivity index (χ3v) is 3.35. The van der Waals surface area contributed by atoms with Crippen molar-refractivity contribution in [3.63, 3.8) is 0 Å². The monoisotopic (exact) mass is 269 g/mol. The van der Waals surface area contributed by atoms with Gasteiger partial charge in [0.2, 0.25) is 0 Å². The van der Waals surface area contributed by atoms with Crippen LogP contribution in [0.15, 0.2) is 18.2 Å². The van der Waals surface area contributed by atoms with Crippen molar-refractivity contribution in [1.82, 2.24) is 5.32 Å². The van der Waals surface area contributed by atoms with Crippen LogP contribution >= 0.6 is 12.4 Å². The molecule has 2 rings (SSSR count). The van der Waals surface area contributed by atoms with Crippen molar-refractivity contribution < 1.29 is 4.74 Å². The number of halogens is 1. The van der Waals surface area contributed by atoms with Crippen molar-refractivity contribution in [1.29, 1.82) is 0 Å². The van der Waals surface area contributed by atoms with Gasteiger partial charge in [0.1, 0.15) is 11.9 Å². The summed E-state index contributed by atoms with van der Waals surface area (Å²) in [5.74, 6) is 1.03. The van der Waals surface area contributed by atoms with Crippen LogP contribution in [0, 0.1) is 6.92 Å². The number of hydrogen-bond donors (Lipinski definition) is 1. The maximum Gasteiger partial charge on any atom is 0.122 e. The Kier molecular flexibility index (Phi) is 5.06. The van der Waals surface area contributed by atoms with Crippen molar-refractivity contribution in [2.75, 3.05) is 13.1 Å². The van der Waals surface area contributed by atoms with Gasteiger partial charge in [-0.1, -0.05) is 32.9 Å². The topological polar surface area (TPSA) is 21.3 Å². The van der Waals surface area contributed by atoms with Gasteiger partial charge in [-0.05, 0) is 42.5 Å². The Morgan fingerprint density at radius 1 is 1.28 bits per heavy atom. The van der Waals surface area contributed by atoms with E-state index in [0.29, 0.717) is 6.10 Å². The minimum absolute atomic E-state index is 0. The third kappa shape index (κ3) is 3.63. The molecular weight excluding hydrogens is 246 g/mol. The second-order valence-corrected chi connectivity index (χ2v) is 5.96. The normalized spacial score (nSPS) is 19.4. The summed E-state index contributed by atoms with van der Waals surface area (Å²) in [7, 11) is 0. The Bertz CT molecular complexity index is 392. The van der Waals surface area contributed by atoms with Crippen LogP contribution in [-0.2, 0) is 5.41 Å². The zero-order valence-electron chi connectivity index (χ0n) is 11.7. The molecule has 1 N–H and O–H groups in total. The lowest BCUT2D eigenvalue weighted by Crippen LogP contribution is -2.20. The smallest absolute Gasteiger partial charge is 0.122 e. The molecule has 0 radical (unpaired) electrons. The summed E-state index contributed by atoms with van der Waals surface area (Å²) in [5.41, 5.74) is 2.81. The molecule has 1 aliphatic rings. The third-order valence-electron chi connectivity index (χ3n) is 3.35. The lowest BCUT2D eigenvalue weighted by atomic mass is 9.86. The number of aryl methyl sites for hydroxylation is 1. The number of hydrogen-bond acceptors (Lipinski definition) is 2. The molecule has 2 nitrogen and oxygen atoms in total. The number of benzene rings is 1. The number of ether oxygens (including phenoxy) is 1. The highest BCUT2D eigenvalue weighted by Gasteiger charge is 2.18. The van der Waals surface area contributed by atoms with Crippen LogP contribution in [-0.4, -0.2) is 19.2 Å². The van der Waals surface area contributed by atoms with Crippen molar-refractivity contribution in [2.24, 2.45) is 0 Å². The molecule has 0 aliphatic carbocycles.